The summed E-state index contributed by atoms with van der Waals surface area (Å²) in [6.07, 6.45) is -5.55. The fourth-order valence-electron chi connectivity index (χ4n) is 3.56. The summed E-state index contributed by atoms with van der Waals surface area (Å²) in [6, 6.07) is 6.54. The van der Waals surface area contributed by atoms with Gasteiger partial charge in [-0.05, 0) is 24.3 Å². The fourth-order valence-corrected chi connectivity index (χ4v) is 3.56. The lowest BCUT2D eigenvalue weighted by Crippen LogP contribution is -2.60. The standard InChI is InChI=1S/C19H15F3N6O.C2HF3O2/c20-12-3-4-13(21)16-15(12)17(24)27-19(26-16)5-6-28(9-14(19)22)18(29)10-1-2-11(7-23)25-8-10;3-2(4,5)1(6)7/h1-4,8,14,26H,5-6,9H2,(H2,24,27);(H,6,7). The number of rotatable bonds is 1. The Hall–Kier alpha value is -4.35. The highest BCUT2D eigenvalue weighted by Gasteiger charge is 2.48. The Balaban J connectivity index is 0.000000454. The summed E-state index contributed by atoms with van der Waals surface area (Å²) in [4.78, 5) is 30.7. The molecular formula is C21H16F6N6O3. The molecule has 1 aromatic heterocycles. The van der Waals surface area contributed by atoms with Crippen molar-refractivity contribution < 1.29 is 41.0 Å². The predicted octanol–water partition coefficient (Wildman–Crippen LogP) is 2.58. The number of likely N-dealkylation sites (tertiary alicyclic amines) is 1. The average Bonchev–Trinajstić information content (AvgIpc) is 2.82. The van der Waals surface area contributed by atoms with E-state index in [0.29, 0.717) is 0 Å². The van der Waals surface area contributed by atoms with Gasteiger partial charge in [0.2, 0.25) is 0 Å². The van der Waals surface area contributed by atoms with E-state index < -0.39 is 41.5 Å². The number of benzene rings is 1. The first-order valence-electron chi connectivity index (χ1n) is 10.0. The van der Waals surface area contributed by atoms with E-state index in [4.69, 9.17) is 20.9 Å². The van der Waals surface area contributed by atoms with Crippen molar-refractivity contribution in [1.29, 1.82) is 5.26 Å². The lowest BCUT2D eigenvalue weighted by atomic mass is 9.91. The molecule has 2 atom stereocenters. The number of nitrogens with zero attached hydrogens (tertiary/aromatic N) is 4. The second-order valence-electron chi connectivity index (χ2n) is 7.64. The zero-order valence-electron chi connectivity index (χ0n) is 18.0. The molecule has 9 nitrogen and oxygen atoms in total. The van der Waals surface area contributed by atoms with Crippen LogP contribution in [0.3, 0.4) is 0 Å². The van der Waals surface area contributed by atoms with Gasteiger partial charge in [-0.15, -0.1) is 0 Å². The number of carbonyl (C=O) groups excluding carboxylic acids is 1. The number of aliphatic imine (C=N–C) groups is 1. The van der Waals surface area contributed by atoms with Gasteiger partial charge in [-0.25, -0.2) is 27.9 Å². The van der Waals surface area contributed by atoms with Crippen LogP contribution in [0, 0.1) is 23.0 Å². The summed E-state index contributed by atoms with van der Waals surface area (Å²) in [7, 11) is 0. The molecule has 1 amide bonds. The molecule has 1 saturated heterocycles. The molecule has 1 spiro atoms. The highest BCUT2D eigenvalue weighted by molar-refractivity contribution is 6.04. The second kappa shape index (κ2) is 9.72. The quantitative estimate of drug-likeness (QED) is 0.496. The van der Waals surface area contributed by atoms with Crippen LogP contribution in [0.1, 0.15) is 28.0 Å². The lowest BCUT2D eigenvalue weighted by molar-refractivity contribution is -0.192. The van der Waals surface area contributed by atoms with Crippen LogP contribution < -0.4 is 11.1 Å². The Morgan fingerprint density at radius 2 is 1.86 bits per heavy atom. The van der Waals surface area contributed by atoms with E-state index in [1.807, 2.05) is 6.07 Å². The minimum absolute atomic E-state index is 0.000290. The molecule has 0 saturated carbocycles. The number of aliphatic carboxylic acids is 1. The van der Waals surface area contributed by atoms with E-state index in [9.17, 15) is 26.7 Å². The van der Waals surface area contributed by atoms with Crippen LogP contribution in [-0.2, 0) is 4.79 Å². The van der Waals surface area contributed by atoms with Gasteiger partial charge in [-0.3, -0.25) is 4.79 Å². The molecule has 3 heterocycles. The van der Waals surface area contributed by atoms with Crippen molar-refractivity contribution >= 4 is 23.4 Å². The first-order valence-corrected chi connectivity index (χ1v) is 10.0. The van der Waals surface area contributed by atoms with Crippen LogP contribution >= 0.6 is 0 Å². The van der Waals surface area contributed by atoms with E-state index in [2.05, 4.69) is 15.3 Å². The van der Waals surface area contributed by atoms with Crippen LogP contribution in [0.5, 0.6) is 0 Å². The summed E-state index contributed by atoms with van der Waals surface area (Å²) in [5.74, 6) is -5.04. The third kappa shape index (κ3) is 5.16. The van der Waals surface area contributed by atoms with Crippen LogP contribution in [0.2, 0.25) is 0 Å². The number of fused-ring (bicyclic) bond motifs is 1. The number of carbonyl (C=O) groups is 2. The van der Waals surface area contributed by atoms with Gasteiger partial charge in [0.1, 0.15) is 29.2 Å². The molecule has 2 unspecified atom stereocenters. The summed E-state index contributed by atoms with van der Waals surface area (Å²) >= 11 is 0. The normalized spacial score (nSPS) is 20.8. The number of amides is 1. The van der Waals surface area contributed by atoms with E-state index in [0.717, 1.165) is 12.1 Å². The van der Waals surface area contributed by atoms with Crippen molar-refractivity contribution in [2.75, 3.05) is 18.4 Å². The van der Waals surface area contributed by atoms with Crippen LogP contribution in [0.15, 0.2) is 35.5 Å². The molecule has 4 N–H and O–H groups in total. The third-order valence-corrected chi connectivity index (χ3v) is 5.34. The predicted molar refractivity (Wildman–Crippen MR) is 111 cm³/mol. The number of nitriles is 1. The number of aromatic nitrogens is 1. The maximum atomic E-state index is 15.2. The number of alkyl halides is 4. The molecular weight excluding hydrogens is 498 g/mol. The molecule has 4 rings (SSSR count). The smallest absolute Gasteiger partial charge is 0.475 e. The molecule has 1 fully saturated rings. The highest BCUT2D eigenvalue weighted by atomic mass is 19.4. The minimum Gasteiger partial charge on any atom is -0.475 e. The molecule has 190 valence electrons. The number of pyridine rings is 1. The Kier molecular flexibility index (Phi) is 7.09. The first-order chi connectivity index (χ1) is 16.8. The molecule has 2 aliphatic rings. The molecule has 1 aromatic carbocycles. The van der Waals surface area contributed by atoms with E-state index in [1.165, 1.54) is 23.2 Å². The van der Waals surface area contributed by atoms with Gasteiger partial charge in [0.15, 0.2) is 11.8 Å². The van der Waals surface area contributed by atoms with Gasteiger partial charge in [-0.1, -0.05) is 0 Å². The zero-order chi connectivity index (χ0) is 26.8. The highest BCUT2D eigenvalue weighted by Crippen LogP contribution is 2.38. The maximum Gasteiger partial charge on any atom is 0.490 e. The maximum absolute atomic E-state index is 15.2. The van der Waals surface area contributed by atoms with E-state index in [-0.39, 0.29) is 47.9 Å². The Bertz CT molecular complexity index is 1260. The van der Waals surface area contributed by atoms with Gasteiger partial charge < -0.3 is 21.1 Å². The van der Waals surface area contributed by atoms with Crippen LogP contribution in [0.4, 0.5) is 32.0 Å². The van der Waals surface area contributed by atoms with Crippen molar-refractivity contribution in [3.05, 3.63) is 58.9 Å². The minimum atomic E-state index is -5.08. The molecule has 2 aliphatic heterocycles. The number of carboxylic acid groups (broad SMARTS) is 1. The second-order valence-corrected chi connectivity index (χ2v) is 7.64. The third-order valence-electron chi connectivity index (χ3n) is 5.34. The number of hydrogen-bond donors (Lipinski definition) is 3. The monoisotopic (exact) mass is 514 g/mol. The van der Waals surface area contributed by atoms with Crippen LogP contribution in [-0.4, -0.2) is 63.8 Å². The van der Waals surface area contributed by atoms with Crippen molar-refractivity contribution in [1.82, 2.24) is 9.88 Å². The average molecular weight is 514 g/mol. The van der Waals surface area contributed by atoms with E-state index in [1.54, 1.807) is 0 Å². The van der Waals surface area contributed by atoms with Crippen LogP contribution in [0.25, 0.3) is 0 Å². The number of halogens is 6. The number of nitrogens with one attached hydrogen (secondary N) is 1. The van der Waals surface area contributed by atoms with Crippen molar-refractivity contribution in [3.63, 3.8) is 0 Å². The van der Waals surface area contributed by atoms with Gasteiger partial charge in [0, 0.05) is 19.2 Å². The van der Waals surface area contributed by atoms with Crippen molar-refractivity contribution in [2.45, 2.75) is 24.4 Å². The van der Waals surface area contributed by atoms with Crippen molar-refractivity contribution in [2.24, 2.45) is 10.7 Å². The molecule has 0 radical (unpaired) electrons. The topological polar surface area (TPSA) is 145 Å². The number of hydrogen-bond acceptors (Lipinski definition) is 7. The number of piperidine rings is 1. The van der Waals surface area contributed by atoms with Gasteiger partial charge in [0.25, 0.3) is 5.91 Å². The number of amidine groups is 1. The number of anilines is 1. The largest absolute Gasteiger partial charge is 0.490 e. The summed E-state index contributed by atoms with van der Waals surface area (Å²) < 4.78 is 75.2. The summed E-state index contributed by atoms with van der Waals surface area (Å²) in [5, 5.41) is 18.6. The molecule has 0 aliphatic carbocycles. The van der Waals surface area contributed by atoms with Gasteiger partial charge in [0.05, 0.1) is 23.4 Å². The summed E-state index contributed by atoms with van der Waals surface area (Å²) in [6.45, 7) is -0.218. The molecule has 15 heteroatoms. The SMILES string of the molecule is N#Cc1ccc(C(=O)N2CCC3(N=C(N)c4c(F)ccc(F)c4N3)C(F)C2)cn1.O=C(O)C(F)(F)F. The van der Waals surface area contributed by atoms with Crippen molar-refractivity contribution in [3.8, 4) is 6.07 Å². The number of carboxylic acids is 1. The van der Waals surface area contributed by atoms with E-state index >= 15 is 4.39 Å². The first kappa shape index (κ1) is 26.3. The lowest BCUT2D eigenvalue weighted by Gasteiger charge is -2.44. The Labute approximate surface area is 198 Å². The Morgan fingerprint density at radius 1 is 1.22 bits per heavy atom. The molecule has 2 aromatic rings. The van der Waals surface area contributed by atoms with Gasteiger partial charge in [-0.2, -0.15) is 18.4 Å². The fraction of sp³-hybridized carbons (Fsp3) is 0.286. The summed E-state index contributed by atoms with van der Waals surface area (Å²) in [5.41, 5.74) is 4.13. The number of nitrogens with two attached hydrogens (primary N) is 1. The zero-order valence-corrected chi connectivity index (χ0v) is 18.0. The molecule has 36 heavy (non-hydrogen) atoms. The Morgan fingerprint density at radius 3 is 2.39 bits per heavy atom. The molecule has 0 bridgehead atoms. The van der Waals surface area contributed by atoms with Gasteiger partial charge >= 0.3 is 12.1 Å².